The molecule has 0 N–H and O–H groups in total. The Morgan fingerprint density at radius 1 is 1.04 bits per heavy atom. The molecule has 3 rings (SSSR count). The minimum atomic E-state index is 0.0746. The number of amides is 2. The first-order valence-corrected chi connectivity index (χ1v) is 8.92. The van der Waals surface area contributed by atoms with Crippen LogP contribution < -0.4 is 0 Å². The SMILES string of the molecule is Cc1cccnc1CC(=O)N1CCCN(C(=O)CCn2cnnc2)CC1. The molecule has 2 amide bonds. The Labute approximate surface area is 152 Å². The summed E-state index contributed by atoms with van der Waals surface area (Å²) in [5, 5.41) is 7.47. The lowest BCUT2D eigenvalue weighted by molar-refractivity contribution is -0.133. The minimum Gasteiger partial charge on any atom is -0.341 e. The van der Waals surface area contributed by atoms with Crippen molar-refractivity contribution < 1.29 is 9.59 Å². The molecule has 0 saturated carbocycles. The molecule has 0 radical (unpaired) electrons. The number of carbonyl (C=O) groups excluding carboxylic acids is 2. The second kappa shape index (κ2) is 8.55. The Balaban J connectivity index is 1.50. The van der Waals surface area contributed by atoms with E-state index < -0.39 is 0 Å². The van der Waals surface area contributed by atoms with Crippen LogP contribution in [0.15, 0.2) is 31.0 Å². The second-order valence-electron chi connectivity index (χ2n) is 6.51. The highest BCUT2D eigenvalue weighted by atomic mass is 16.2. The zero-order valence-electron chi connectivity index (χ0n) is 15.0. The van der Waals surface area contributed by atoms with Crippen molar-refractivity contribution in [3.8, 4) is 0 Å². The van der Waals surface area contributed by atoms with Gasteiger partial charge in [-0.3, -0.25) is 14.6 Å². The van der Waals surface area contributed by atoms with Gasteiger partial charge in [-0.2, -0.15) is 0 Å². The van der Waals surface area contributed by atoms with E-state index in [0.717, 1.165) is 17.7 Å². The predicted molar refractivity (Wildman–Crippen MR) is 95.1 cm³/mol. The molecule has 2 aromatic rings. The van der Waals surface area contributed by atoms with Crippen LogP contribution in [-0.4, -0.2) is 67.5 Å². The van der Waals surface area contributed by atoms with E-state index in [9.17, 15) is 9.59 Å². The van der Waals surface area contributed by atoms with Gasteiger partial charge in [-0.1, -0.05) is 6.07 Å². The fourth-order valence-electron chi connectivity index (χ4n) is 3.10. The van der Waals surface area contributed by atoms with Crippen molar-refractivity contribution in [2.24, 2.45) is 0 Å². The summed E-state index contributed by atoms with van der Waals surface area (Å²) in [5.74, 6) is 0.180. The number of carbonyl (C=O) groups is 2. The number of aromatic nitrogens is 4. The normalized spacial score (nSPS) is 15.0. The Morgan fingerprint density at radius 2 is 1.73 bits per heavy atom. The Hall–Kier alpha value is -2.77. The van der Waals surface area contributed by atoms with Gasteiger partial charge in [0.05, 0.1) is 12.1 Å². The van der Waals surface area contributed by atoms with Gasteiger partial charge in [-0.25, -0.2) is 0 Å². The van der Waals surface area contributed by atoms with Gasteiger partial charge in [0, 0.05) is 45.3 Å². The van der Waals surface area contributed by atoms with Gasteiger partial charge in [-0.15, -0.1) is 10.2 Å². The molecule has 0 atom stereocenters. The highest BCUT2D eigenvalue weighted by Crippen LogP contribution is 2.10. The van der Waals surface area contributed by atoms with E-state index in [-0.39, 0.29) is 11.8 Å². The molecule has 1 fully saturated rings. The van der Waals surface area contributed by atoms with Crippen LogP contribution in [0.3, 0.4) is 0 Å². The average molecular weight is 356 g/mol. The van der Waals surface area contributed by atoms with E-state index in [1.165, 1.54) is 0 Å². The van der Waals surface area contributed by atoms with Gasteiger partial charge in [0.1, 0.15) is 12.7 Å². The summed E-state index contributed by atoms with van der Waals surface area (Å²) >= 11 is 0. The first-order chi connectivity index (χ1) is 12.6. The highest BCUT2D eigenvalue weighted by molar-refractivity contribution is 5.79. The quantitative estimate of drug-likeness (QED) is 0.786. The molecule has 1 saturated heterocycles. The van der Waals surface area contributed by atoms with Crippen LogP contribution in [0.1, 0.15) is 24.1 Å². The van der Waals surface area contributed by atoms with Gasteiger partial charge in [-0.05, 0) is 25.0 Å². The van der Waals surface area contributed by atoms with Crippen LogP contribution in [0, 0.1) is 6.92 Å². The lowest BCUT2D eigenvalue weighted by Gasteiger charge is -2.22. The van der Waals surface area contributed by atoms with Crippen LogP contribution in [0.5, 0.6) is 0 Å². The van der Waals surface area contributed by atoms with Crippen LogP contribution in [0.25, 0.3) is 0 Å². The van der Waals surface area contributed by atoms with Gasteiger partial charge >= 0.3 is 0 Å². The van der Waals surface area contributed by atoms with Gasteiger partial charge in [0.15, 0.2) is 0 Å². The number of hydrogen-bond donors (Lipinski definition) is 0. The number of pyridine rings is 1. The Kier molecular flexibility index (Phi) is 5.93. The second-order valence-corrected chi connectivity index (χ2v) is 6.51. The lowest BCUT2D eigenvalue weighted by Crippen LogP contribution is -2.38. The molecule has 1 aliphatic rings. The summed E-state index contributed by atoms with van der Waals surface area (Å²) in [4.78, 5) is 33.0. The van der Waals surface area contributed by atoms with Crippen molar-refractivity contribution >= 4 is 11.8 Å². The third-order valence-electron chi connectivity index (χ3n) is 4.69. The zero-order valence-corrected chi connectivity index (χ0v) is 15.0. The lowest BCUT2D eigenvalue weighted by atomic mass is 10.1. The smallest absolute Gasteiger partial charge is 0.228 e. The molecule has 2 aromatic heterocycles. The molecular formula is C18H24N6O2. The number of nitrogens with zero attached hydrogens (tertiary/aromatic N) is 6. The van der Waals surface area contributed by atoms with Crippen molar-refractivity contribution in [2.75, 3.05) is 26.2 Å². The number of rotatable bonds is 5. The summed E-state index contributed by atoms with van der Waals surface area (Å²) in [6.07, 6.45) is 6.46. The topological polar surface area (TPSA) is 84.2 Å². The fraction of sp³-hybridized carbons (Fsp3) is 0.500. The number of aryl methyl sites for hydroxylation is 2. The molecule has 8 heteroatoms. The Morgan fingerprint density at radius 3 is 2.42 bits per heavy atom. The van der Waals surface area contributed by atoms with Crippen molar-refractivity contribution in [1.29, 1.82) is 0 Å². The van der Waals surface area contributed by atoms with Gasteiger partial charge in [0.25, 0.3) is 0 Å². The first kappa shape index (κ1) is 18.0. The predicted octanol–water partition coefficient (Wildman–Crippen LogP) is 0.675. The summed E-state index contributed by atoms with van der Waals surface area (Å²) in [6, 6.07) is 3.84. The standard InChI is InChI=1S/C18H24N6O2/c1-15-4-2-6-19-16(15)12-18(26)24-8-3-7-23(10-11-24)17(25)5-9-22-13-20-21-14-22/h2,4,6,13-14H,3,5,7-12H2,1H3. The third kappa shape index (κ3) is 4.65. The molecule has 3 heterocycles. The zero-order chi connectivity index (χ0) is 18.4. The maximum atomic E-state index is 12.6. The van der Waals surface area contributed by atoms with Crippen LogP contribution in [0.4, 0.5) is 0 Å². The molecule has 0 bridgehead atoms. The third-order valence-corrected chi connectivity index (χ3v) is 4.69. The Bertz CT molecular complexity index is 746. The first-order valence-electron chi connectivity index (χ1n) is 8.92. The average Bonchev–Trinajstić information content (AvgIpc) is 3.04. The van der Waals surface area contributed by atoms with Crippen LogP contribution in [0.2, 0.25) is 0 Å². The molecule has 26 heavy (non-hydrogen) atoms. The molecule has 0 aliphatic carbocycles. The van der Waals surface area contributed by atoms with E-state index in [2.05, 4.69) is 15.2 Å². The summed E-state index contributed by atoms with van der Waals surface area (Å²) in [6.45, 7) is 5.06. The molecule has 0 unspecified atom stereocenters. The van der Waals surface area contributed by atoms with Gasteiger partial charge < -0.3 is 14.4 Å². The number of hydrogen-bond acceptors (Lipinski definition) is 5. The monoisotopic (exact) mass is 356 g/mol. The van der Waals surface area contributed by atoms with E-state index >= 15 is 0 Å². The molecule has 138 valence electrons. The van der Waals surface area contributed by atoms with Crippen molar-refractivity contribution in [3.63, 3.8) is 0 Å². The molecule has 8 nitrogen and oxygen atoms in total. The van der Waals surface area contributed by atoms with Crippen molar-refractivity contribution in [1.82, 2.24) is 29.5 Å². The summed E-state index contributed by atoms with van der Waals surface area (Å²) in [5.41, 5.74) is 1.85. The molecule has 0 aromatic carbocycles. The van der Waals surface area contributed by atoms with E-state index in [1.54, 1.807) is 23.4 Å². The van der Waals surface area contributed by atoms with Crippen molar-refractivity contribution in [2.45, 2.75) is 32.7 Å². The van der Waals surface area contributed by atoms with E-state index in [1.807, 2.05) is 28.9 Å². The maximum Gasteiger partial charge on any atom is 0.228 e. The van der Waals surface area contributed by atoms with Crippen LogP contribution in [-0.2, 0) is 22.6 Å². The molecular weight excluding hydrogens is 332 g/mol. The summed E-state index contributed by atoms with van der Waals surface area (Å²) in [7, 11) is 0. The largest absolute Gasteiger partial charge is 0.341 e. The minimum absolute atomic E-state index is 0.0746. The van der Waals surface area contributed by atoms with Gasteiger partial charge in [0.2, 0.25) is 11.8 Å². The maximum absolute atomic E-state index is 12.6. The fourth-order valence-corrected chi connectivity index (χ4v) is 3.10. The van der Waals surface area contributed by atoms with E-state index in [4.69, 9.17) is 0 Å². The molecule has 0 spiro atoms. The van der Waals surface area contributed by atoms with Crippen molar-refractivity contribution in [3.05, 3.63) is 42.2 Å². The van der Waals surface area contributed by atoms with E-state index in [0.29, 0.717) is 45.6 Å². The van der Waals surface area contributed by atoms with Crippen LogP contribution >= 0.6 is 0 Å². The summed E-state index contributed by atoms with van der Waals surface area (Å²) < 4.78 is 1.79. The molecule has 1 aliphatic heterocycles. The highest BCUT2D eigenvalue weighted by Gasteiger charge is 2.22.